The van der Waals surface area contributed by atoms with Gasteiger partial charge in [-0.3, -0.25) is 9.79 Å². The first-order valence-electron chi connectivity index (χ1n) is 8.88. The van der Waals surface area contributed by atoms with Crippen molar-refractivity contribution in [1.82, 2.24) is 16.0 Å². The zero-order valence-corrected chi connectivity index (χ0v) is 18.3. The number of carbonyl (C=O) groups is 1. The predicted octanol–water partition coefficient (Wildman–Crippen LogP) is 1.11. The van der Waals surface area contributed by atoms with Crippen LogP contribution in [0.1, 0.15) is 40.5 Å². The van der Waals surface area contributed by atoms with Gasteiger partial charge in [0.05, 0.1) is 18.6 Å². The normalized spacial score (nSPS) is 20.8. The van der Waals surface area contributed by atoms with Crippen molar-refractivity contribution >= 4 is 35.8 Å². The van der Waals surface area contributed by atoms with E-state index in [9.17, 15) is 9.90 Å². The molecule has 1 amide bonds. The summed E-state index contributed by atoms with van der Waals surface area (Å²) >= 11 is 0. The predicted molar refractivity (Wildman–Crippen MR) is 111 cm³/mol. The SMILES string of the molecule is CCNC(=O)C(C)(C)CN=C(NCC)NCC1(CCO)CCOC1.I. The number of hydrogen-bond acceptors (Lipinski definition) is 4. The average Bonchev–Trinajstić information content (AvgIpc) is 2.99. The van der Waals surface area contributed by atoms with Gasteiger partial charge in [0.15, 0.2) is 5.96 Å². The van der Waals surface area contributed by atoms with Crippen LogP contribution in [0.5, 0.6) is 0 Å². The molecule has 4 N–H and O–H groups in total. The first kappa shape index (κ1) is 24.4. The molecule has 0 aliphatic carbocycles. The first-order valence-corrected chi connectivity index (χ1v) is 8.88. The van der Waals surface area contributed by atoms with Crippen LogP contribution in [0.15, 0.2) is 4.99 Å². The highest BCUT2D eigenvalue weighted by Gasteiger charge is 2.34. The van der Waals surface area contributed by atoms with Gasteiger partial charge in [0.25, 0.3) is 0 Å². The number of amides is 1. The van der Waals surface area contributed by atoms with Crippen molar-refractivity contribution in [2.75, 3.05) is 46.0 Å². The molecule has 8 heteroatoms. The van der Waals surface area contributed by atoms with Crippen LogP contribution in [0.25, 0.3) is 0 Å². The number of nitrogens with zero attached hydrogens (tertiary/aromatic N) is 1. The maximum atomic E-state index is 12.1. The molecule has 0 aromatic rings. The van der Waals surface area contributed by atoms with E-state index >= 15 is 0 Å². The maximum Gasteiger partial charge on any atom is 0.227 e. The summed E-state index contributed by atoms with van der Waals surface area (Å²) in [4.78, 5) is 16.6. The Morgan fingerprint density at radius 2 is 1.92 bits per heavy atom. The summed E-state index contributed by atoms with van der Waals surface area (Å²) in [6.45, 7) is 11.7. The van der Waals surface area contributed by atoms with E-state index in [0.717, 1.165) is 19.6 Å². The molecule has 25 heavy (non-hydrogen) atoms. The smallest absolute Gasteiger partial charge is 0.227 e. The fourth-order valence-electron chi connectivity index (χ4n) is 2.67. The van der Waals surface area contributed by atoms with Crippen molar-refractivity contribution in [1.29, 1.82) is 0 Å². The minimum Gasteiger partial charge on any atom is -0.396 e. The van der Waals surface area contributed by atoms with E-state index in [1.165, 1.54) is 0 Å². The second-order valence-corrected chi connectivity index (χ2v) is 7.07. The molecule has 1 rings (SSSR count). The van der Waals surface area contributed by atoms with Crippen LogP contribution >= 0.6 is 24.0 Å². The molecule has 1 aliphatic heterocycles. The van der Waals surface area contributed by atoms with Crippen LogP contribution in [0.2, 0.25) is 0 Å². The summed E-state index contributed by atoms with van der Waals surface area (Å²) in [5.41, 5.74) is -0.600. The Bertz CT molecular complexity index is 424. The fraction of sp³-hybridized carbons (Fsp3) is 0.882. The molecule has 0 radical (unpaired) electrons. The lowest BCUT2D eigenvalue weighted by atomic mass is 9.84. The molecular weight excluding hydrogens is 435 g/mol. The Labute approximate surface area is 168 Å². The highest BCUT2D eigenvalue weighted by molar-refractivity contribution is 14.0. The molecule has 7 nitrogen and oxygen atoms in total. The van der Waals surface area contributed by atoms with Gasteiger partial charge in [0.1, 0.15) is 0 Å². The number of guanidine groups is 1. The molecule has 0 aromatic heterocycles. The molecule has 0 bridgehead atoms. The van der Waals surface area contributed by atoms with Crippen LogP contribution in [0.3, 0.4) is 0 Å². The van der Waals surface area contributed by atoms with Gasteiger partial charge < -0.3 is 25.8 Å². The Balaban J connectivity index is 0.00000576. The number of ether oxygens (including phenoxy) is 1. The van der Waals surface area contributed by atoms with Gasteiger partial charge in [-0.1, -0.05) is 0 Å². The molecule has 1 unspecified atom stereocenters. The van der Waals surface area contributed by atoms with Gasteiger partial charge in [-0.15, -0.1) is 24.0 Å². The molecule has 1 aliphatic rings. The zero-order chi connectivity index (χ0) is 18.1. The van der Waals surface area contributed by atoms with Crippen molar-refractivity contribution in [3.63, 3.8) is 0 Å². The van der Waals surface area contributed by atoms with Crippen molar-refractivity contribution in [3.05, 3.63) is 0 Å². The van der Waals surface area contributed by atoms with E-state index in [0.29, 0.717) is 38.6 Å². The van der Waals surface area contributed by atoms with Crippen molar-refractivity contribution in [2.24, 2.45) is 15.8 Å². The van der Waals surface area contributed by atoms with Gasteiger partial charge in [-0.05, 0) is 40.5 Å². The average molecular weight is 470 g/mol. The third-order valence-electron chi connectivity index (χ3n) is 4.39. The second-order valence-electron chi connectivity index (χ2n) is 7.07. The van der Waals surface area contributed by atoms with E-state index in [1.807, 2.05) is 27.7 Å². The summed E-state index contributed by atoms with van der Waals surface area (Å²) in [5, 5.41) is 18.7. The summed E-state index contributed by atoms with van der Waals surface area (Å²) in [7, 11) is 0. The molecule has 0 spiro atoms. The third-order valence-corrected chi connectivity index (χ3v) is 4.39. The lowest BCUT2D eigenvalue weighted by molar-refractivity contribution is -0.128. The molecule has 1 fully saturated rings. The molecule has 1 atom stereocenters. The minimum absolute atomic E-state index is 0. The monoisotopic (exact) mass is 470 g/mol. The molecule has 0 saturated carbocycles. The molecule has 1 heterocycles. The second kappa shape index (κ2) is 11.9. The largest absolute Gasteiger partial charge is 0.396 e. The first-order chi connectivity index (χ1) is 11.4. The number of nitrogens with one attached hydrogen (secondary N) is 3. The van der Waals surface area contributed by atoms with Crippen LogP contribution in [-0.4, -0.2) is 63.0 Å². The number of aliphatic hydroxyl groups is 1. The number of aliphatic imine (C=N–C) groups is 1. The van der Waals surface area contributed by atoms with E-state index in [4.69, 9.17) is 4.74 Å². The quantitative estimate of drug-likeness (QED) is 0.230. The highest BCUT2D eigenvalue weighted by atomic mass is 127. The molecule has 0 aromatic carbocycles. The molecule has 1 saturated heterocycles. The third kappa shape index (κ3) is 8.08. The Hall–Kier alpha value is -0.610. The number of hydrogen-bond donors (Lipinski definition) is 4. The van der Waals surface area contributed by atoms with Gasteiger partial charge >= 0.3 is 0 Å². The van der Waals surface area contributed by atoms with E-state index in [2.05, 4.69) is 20.9 Å². The van der Waals surface area contributed by atoms with Gasteiger partial charge in [-0.25, -0.2) is 0 Å². The van der Waals surface area contributed by atoms with Crippen LogP contribution in [0.4, 0.5) is 0 Å². The molecule has 148 valence electrons. The number of halogens is 1. The Morgan fingerprint density at radius 1 is 1.24 bits per heavy atom. The Morgan fingerprint density at radius 3 is 2.44 bits per heavy atom. The maximum absolute atomic E-state index is 12.1. The van der Waals surface area contributed by atoms with Gasteiger partial charge in [0, 0.05) is 38.3 Å². The number of rotatable bonds is 9. The fourth-order valence-corrected chi connectivity index (χ4v) is 2.67. The topological polar surface area (TPSA) is 95.0 Å². The van der Waals surface area contributed by atoms with Crippen molar-refractivity contribution in [2.45, 2.75) is 40.5 Å². The van der Waals surface area contributed by atoms with E-state index in [1.54, 1.807) is 0 Å². The highest BCUT2D eigenvalue weighted by Crippen LogP contribution is 2.31. The standard InChI is InChI=1S/C17H34N4O3.HI/c1-5-18-14(23)16(3,4)11-20-15(19-6-2)21-12-17(7-9-22)8-10-24-13-17;/h22H,5-13H2,1-4H3,(H,18,23)(H2,19,20,21);1H. The van der Waals surface area contributed by atoms with Crippen molar-refractivity contribution < 1.29 is 14.6 Å². The van der Waals surface area contributed by atoms with Crippen LogP contribution < -0.4 is 16.0 Å². The number of aliphatic hydroxyl groups excluding tert-OH is 1. The summed E-state index contributed by atoms with van der Waals surface area (Å²) in [6, 6.07) is 0. The van der Waals surface area contributed by atoms with Gasteiger partial charge in [0.2, 0.25) is 5.91 Å². The Kier molecular flexibility index (Phi) is 11.6. The van der Waals surface area contributed by atoms with E-state index < -0.39 is 5.41 Å². The summed E-state index contributed by atoms with van der Waals surface area (Å²) in [5.74, 6) is 0.699. The zero-order valence-electron chi connectivity index (χ0n) is 16.0. The summed E-state index contributed by atoms with van der Waals surface area (Å²) in [6.07, 6.45) is 1.65. The van der Waals surface area contributed by atoms with Crippen molar-refractivity contribution in [3.8, 4) is 0 Å². The number of carbonyl (C=O) groups excluding carboxylic acids is 1. The lowest BCUT2D eigenvalue weighted by Crippen LogP contribution is -2.45. The van der Waals surface area contributed by atoms with Crippen LogP contribution in [0, 0.1) is 10.8 Å². The summed E-state index contributed by atoms with van der Waals surface area (Å²) < 4.78 is 5.51. The minimum atomic E-state index is -0.558. The molecular formula is C17H35IN4O3. The van der Waals surface area contributed by atoms with Gasteiger partial charge in [-0.2, -0.15) is 0 Å². The van der Waals surface area contributed by atoms with Crippen LogP contribution in [-0.2, 0) is 9.53 Å². The lowest BCUT2D eigenvalue weighted by Gasteiger charge is -2.28. The van der Waals surface area contributed by atoms with E-state index in [-0.39, 0.29) is 41.9 Å².